The molecule has 1 aliphatic rings. The van der Waals surface area contributed by atoms with E-state index >= 15 is 0 Å². The van der Waals surface area contributed by atoms with Crippen LogP contribution in [0.3, 0.4) is 0 Å². The van der Waals surface area contributed by atoms with Crippen LogP contribution in [-0.2, 0) is 22.4 Å². The molecular weight excluding hydrogens is 252 g/mol. The molecule has 0 saturated heterocycles. The normalized spacial score (nSPS) is 14.1. The standard InChI is InChI=1S/C16H22N2O2/c1-3-4-15(19)17-10-9-12-5-7-14-13(11-12)6-8-16(20)18(14)2/h5,7,11H,3-4,6,8-10H2,1-2H3,(H,17,19). The zero-order chi connectivity index (χ0) is 14.5. The van der Waals surface area contributed by atoms with Crippen LogP contribution < -0.4 is 10.2 Å². The van der Waals surface area contributed by atoms with E-state index in [9.17, 15) is 9.59 Å². The predicted octanol–water partition coefficient (Wildman–Crippen LogP) is 2.05. The molecule has 0 radical (unpaired) electrons. The molecule has 2 rings (SSSR count). The number of fused-ring (bicyclic) bond motifs is 1. The first kappa shape index (κ1) is 14.6. The highest BCUT2D eigenvalue weighted by Gasteiger charge is 2.20. The van der Waals surface area contributed by atoms with E-state index < -0.39 is 0 Å². The van der Waals surface area contributed by atoms with Crippen molar-refractivity contribution in [1.29, 1.82) is 0 Å². The number of carbonyl (C=O) groups excluding carboxylic acids is 2. The van der Waals surface area contributed by atoms with Crippen molar-refractivity contribution in [3.8, 4) is 0 Å². The van der Waals surface area contributed by atoms with Crippen LogP contribution in [0.4, 0.5) is 5.69 Å². The Morgan fingerprint density at radius 2 is 2.15 bits per heavy atom. The Morgan fingerprint density at radius 1 is 1.35 bits per heavy atom. The minimum absolute atomic E-state index is 0.121. The molecule has 4 heteroatoms. The van der Waals surface area contributed by atoms with Gasteiger partial charge in [-0.05, 0) is 36.5 Å². The Labute approximate surface area is 120 Å². The lowest BCUT2D eigenvalue weighted by atomic mass is 9.98. The highest BCUT2D eigenvalue weighted by Crippen LogP contribution is 2.27. The number of benzene rings is 1. The minimum atomic E-state index is 0.121. The van der Waals surface area contributed by atoms with Gasteiger partial charge in [0.1, 0.15) is 0 Å². The molecule has 4 nitrogen and oxygen atoms in total. The molecular formula is C16H22N2O2. The molecule has 0 aromatic heterocycles. The summed E-state index contributed by atoms with van der Waals surface area (Å²) in [4.78, 5) is 24.7. The van der Waals surface area contributed by atoms with E-state index in [1.165, 1.54) is 11.1 Å². The van der Waals surface area contributed by atoms with Gasteiger partial charge >= 0.3 is 0 Å². The summed E-state index contributed by atoms with van der Waals surface area (Å²) in [5, 5.41) is 2.92. The maximum atomic E-state index is 11.6. The van der Waals surface area contributed by atoms with Gasteiger partial charge < -0.3 is 10.2 Å². The van der Waals surface area contributed by atoms with Crippen molar-refractivity contribution < 1.29 is 9.59 Å². The van der Waals surface area contributed by atoms with Gasteiger partial charge in [-0.2, -0.15) is 0 Å². The van der Waals surface area contributed by atoms with E-state index in [1.807, 2.05) is 26.1 Å². The number of hydrogen-bond acceptors (Lipinski definition) is 2. The zero-order valence-electron chi connectivity index (χ0n) is 12.2. The summed E-state index contributed by atoms with van der Waals surface area (Å²) in [6.07, 6.45) is 3.71. The number of nitrogens with one attached hydrogen (secondary N) is 1. The highest BCUT2D eigenvalue weighted by atomic mass is 16.2. The first-order valence-electron chi connectivity index (χ1n) is 7.27. The third kappa shape index (κ3) is 3.38. The molecule has 108 valence electrons. The van der Waals surface area contributed by atoms with Crippen LogP contribution in [0.2, 0.25) is 0 Å². The monoisotopic (exact) mass is 274 g/mol. The first-order valence-corrected chi connectivity index (χ1v) is 7.27. The molecule has 1 aliphatic heterocycles. The summed E-state index contributed by atoms with van der Waals surface area (Å²) in [6, 6.07) is 6.21. The molecule has 1 N–H and O–H groups in total. The van der Waals surface area contributed by atoms with Crippen molar-refractivity contribution in [3.63, 3.8) is 0 Å². The molecule has 1 heterocycles. The smallest absolute Gasteiger partial charge is 0.227 e. The summed E-state index contributed by atoms with van der Waals surface area (Å²) in [5.74, 6) is 0.299. The van der Waals surface area contributed by atoms with Crippen molar-refractivity contribution in [1.82, 2.24) is 5.32 Å². The number of hydrogen-bond donors (Lipinski definition) is 1. The second-order valence-corrected chi connectivity index (χ2v) is 5.27. The molecule has 2 amide bonds. The minimum Gasteiger partial charge on any atom is -0.356 e. The van der Waals surface area contributed by atoms with E-state index in [0.717, 1.165) is 24.9 Å². The zero-order valence-corrected chi connectivity index (χ0v) is 12.2. The summed E-state index contributed by atoms with van der Waals surface area (Å²) in [5.41, 5.74) is 3.45. The lowest BCUT2D eigenvalue weighted by molar-refractivity contribution is -0.121. The predicted molar refractivity (Wildman–Crippen MR) is 79.8 cm³/mol. The maximum Gasteiger partial charge on any atom is 0.227 e. The molecule has 0 atom stereocenters. The van der Waals surface area contributed by atoms with E-state index in [2.05, 4.69) is 11.4 Å². The Balaban J connectivity index is 1.95. The fraction of sp³-hybridized carbons (Fsp3) is 0.500. The fourth-order valence-electron chi connectivity index (χ4n) is 2.53. The van der Waals surface area contributed by atoms with Crippen LogP contribution in [0.25, 0.3) is 0 Å². The lowest BCUT2D eigenvalue weighted by Crippen LogP contribution is -2.31. The van der Waals surface area contributed by atoms with Gasteiger partial charge in [-0.15, -0.1) is 0 Å². The van der Waals surface area contributed by atoms with Crippen molar-refractivity contribution in [3.05, 3.63) is 29.3 Å². The van der Waals surface area contributed by atoms with Gasteiger partial charge in [0.2, 0.25) is 11.8 Å². The summed E-state index contributed by atoms with van der Waals surface area (Å²) < 4.78 is 0. The van der Waals surface area contributed by atoms with Crippen LogP contribution >= 0.6 is 0 Å². The molecule has 0 fully saturated rings. The van der Waals surface area contributed by atoms with E-state index in [4.69, 9.17) is 0 Å². The highest BCUT2D eigenvalue weighted by molar-refractivity contribution is 5.95. The number of carbonyl (C=O) groups is 2. The first-order chi connectivity index (χ1) is 9.61. The molecule has 20 heavy (non-hydrogen) atoms. The molecule has 1 aromatic rings. The Bertz CT molecular complexity index is 511. The SMILES string of the molecule is CCCC(=O)NCCc1ccc2c(c1)CCC(=O)N2C. The van der Waals surface area contributed by atoms with Gasteiger partial charge in [0.05, 0.1) is 0 Å². The number of rotatable bonds is 5. The van der Waals surface area contributed by atoms with Gasteiger partial charge in [0.15, 0.2) is 0 Å². The lowest BCUT2D eigenvalue weighted by Gasteiger charge is -2.26. The van der Waals surface area contributed by atoms with Crippen LogP contribution in [0.5, 0.6) is 0 Å². The van der Waals surface area contributed by atoms with Gasteiger partial charge in [0, 0.05) is 32.1 Å². The van der Waals surface area contributed by atoms with E-state index in [0.29, 0.717) is 19.4 Å². The van der Waals surface area contributed by atoms with Gasteiger partial charge in [-0.3, -0.25) is 9.59 Å². The van der Waals surface area contributed by atoms with Gasteiger partial charge in [0.25, 0.3) is 0 Å². The molecule has 1 aromatic carbocycles. The largest absolute Gasteiger partial charge is 0.356 e. The Hall–Kier alpha value is -1.84. The van der Waals surface area contributed by atoms with Gasteiger partial charge in [-0.25, -0.2) is 0 Å². The number of anilines is 1. The quantitative estimate of drug-likeness (QED) is 0.893. The average Bonchev–Trinajstić information content (AvgIpc) is 2.43. The Morgan fingerprint density at radius 3 is 2.90 bits per heavy atom. The maximum absolute atomic E-state index is 11.6. The Kier molecular flexibility index (Phi) is 4.77. The molecule has 0 spiro atoms. The molecule has 0 aliphatic carbocycles. The third-order valence-electron chi connectivity index (χ3n) is 3.70. The number of nitrogens with zero attached hydrogens (tertiary/aromatic N) is 1. The van der Waals surface area contributed by atoms with Crippen molar-refractivity contribution in [2.75, 3.05) is 18.5 Å². The second-order valence-electron chi connectivity index (χ2n) is 5.27. The van der Waals surface area contributed by atoms with E-state index in [-0.39, 0.29) is 11.8 Å². The molecule has 0 unspecified atom stereocenters. The molecule has 0 saturated carbocycles. The van der Waals surface area contributed by atoms with E-state index in [1.54, 1.807) is 4.90 Å². The van der Waals surface area contributed by atoms with Crippen molar-refractivity contribution >= 4 is 17.5 Å². The molecule has 0 bridgehead atoms. The summed E-state index contributed by atoms with van der Waals surface area (Å²) in [6.45, 7) is 2.67. The number of aryl methyl sites for hydroxylation is 1. The fourth-order valence-corrected chi connectivity index (χ4v) is 2.53. The van der Waals surface area contributed by atoms with Crippen LogP contribution in [0.1, 0.15) is 37.3 Å². The summed E-state index contributed by atoms with van der Waals surface area (Å²) in [7, 11) is 1.82. The third-order valence-corrected chi connectivity index (χ3v) is 3.70. The topological polar surface area (TPSA) is 49.4 Å². The van der Waals surface area contributed by atoms with Crippen LogP contribution in [0, 0.1) is 0 Å². The average molecular weight is 274 g/mol. The van der Waals surface area contributed by atoms with Crippen molar-refractivity contribution in [2.45, 2.75) is 39.0 Å². The van der Waals surface area contributed by atoms with Crippen LogP contribution in [0.15, 0.2) is 18.2 Å². The second kappa shape index (κ2) is 6.55. The van der Waals surface area contributed by atoms with Gasteiger partial charge in [-0.1, -0.05) is 19.1 Å². The van der Waals surface area contributed by atoms with Crippen LogP contribution in [-0.4, -0.2) is 25.4 Å². The summed E-state index contributed by atoms with van der Waals surface area (Å²) >= 11 is 0. The number of amides is 2. The van der Waals surface area contributed by atoms with Crippen molar-refractivity contribution in [2.24, 2.45) is 0 Å².